The predicted molar refractivity (Wildman–Crippen MR) is 241 cm³/mol. The van der Waals surface area contributed by atoms with Crippen LogP contribution in [-0.4, -0.2) is 54.2 Å². The van der Waals surface area contributed by atoms with E-state index in [2.05, 4.69) is 112 Å². The highest BCUT2D eigenvalue weighted by Crippen LogP contribution is 2.35. The lowest BCUT2D eigenvalue weighted by atomic mass is 9.59. The molecule has 9 heteroatoms. The summed E-state index contributed by atoms with van der Waals surface area (Å²) in [6.07, 6.45) is 0. The van der Waals surface area contributed by atoms with Crippen LogP contribution in [0.3, 0.4) is 0 Å². The average Bonchev–Trinajstić information content (AvgIpc) is 3.60. The summed E-state index contributed by atoms with van der Waals surface area (Å²) in [7, 11) is 11.2. The minimum atomic E-state index is 0.621. The fraction of sp³-hybridized carbons (Fsp3) is 0. The molecule has 4 nitrogen and oxygen atoms in total. The first-order chi connectivity index (χ1) is 26.3. The van der Waals surface area contributed by atoms with Crippen LogP contribution in [0.4, 0.5) is 0 Å². The normalized spacial score (nSPS) is 11.3. The molecule has 0 saturated carbocycles. The van der Waals surface area contributed by atoms with Crippen molar-refractivity contribution in [3.8, 4) is 67.5 Å². The molecule has 7 aromatic carbocycles. The third-order valence-corrected chi connectivity index (χ3v) is 11.2. The van der Waals surface area contributed by atoms with Crippen LogP contribution in [0.25, 0.3) is 89.5 Å². The van der Waals surface area contributed by atoms with Crippen molar-refractivity contribution in [1.29, 1.82) is 0 Å². The maximum atomic E-state index is 6.42. The van der Waals surface area contributed by atoms with Crippen molar-refractivity contribution in [3.63, 3.8) is 0 Å². The Morgan fingerprint density at radius 2 is 0.741 bits per heavy atom. The number of hydrogen-bond donors (Lipinski definition) is 0. The van der Waals surface area contributed by atoms with Gasteiger partial charge in [-0.1, -0.05) is 126 Å². The minimum absolute atomic E-state index is 0.621. The Balaban J connectivity index is 1.02. The maximum absolute atomic E-state index is 6.42. The van der Waals surface area contributed by atoms with Crippen LogP contribution in [0, 0.1) is 0 Å². The van der Waals surface area contributed by atoms with E-state index in [1.54, 1.807) is 0 Å². The summed E-state index contributed by atoms with van der Waals surface area (Å²) < 4.78 is 6.42. The van der Waals surface area contributed by atoms with Crippen LogP contribution in [0.5, 0.6) is 0 Å². The lowest BCUT2D eigenvalue weighted by Crippen LogP contribution is -2.55. The molecule has 0 saturated heterocycles. The zero-order chi connectivity index (χ0) is 36.9. The molecular weight excluding hydrogens is 653 g/mol. The molecule has 9 aromatic rings. The lowest BCUT2D eigenvalue weighted by Gasteiger charge is -2.20. The van der Waals surface area contributed by atoms with Gasteiger partial charge in [-0.25, -0.2) is 15.0 Å². The van der Waals surface area contributed by atoms with Crippen LogP contribution in [0.2, 0.25) is 0 Å². The van der Waals surface area contributed by atoms with Gasteiger partial charge in [-0.05, 0) is 63.7 Å². The van der Waals surface area contributed by atoms with E-state index in [0.29, 0.717) is 17.5 Å². The molecule has 250 valence electrons. The first kappa shape index (κ1) is 33.5. The van der Waals surface area contributed by atoms with Gasteiger partial charge in [0.2, 0.25) is 0 Å². The van der Waals surface area contributed by atoms with E-state index < -0.39 is 0 Å². The van der Waals surface area contributed by atoms with Crippen LogP contribution >= 0.6 is 0 Å². The molecule has 0 aliphatic rings. The summed E-state index contributed by atoms with van der Waals surface area (Å²) in [5.74, 6) is 1.90. The van der Waals surface area contributed by atoms with Gasteiger partial charge in [0.25, 0.3) is 0 Å². The highest BCUT2D eigenvalue weighted by molar-refractivity contribution is 6.68. The van der Waals surface area contributed by atoms with E-state index in [1.165, 1.54) is 49.6 Å². The Kier molecular flexibility index (Phi) is 8.43. The van der Waals surface area contributed by atoms with Crippen LogP contribution < -0.4 is 27.3 Å². The Morgan fingerprint density at radius 3 is 1.28 bits per heavy atom. The molecule has 0 fully saturated rings. The highest BCUT2D eigenvalue weighted by Gasteiger charge is 2.16. The number of benzene rings is 7. The first-order valence-corrected chi connectivity index (χ1v) is 18.4. The topological polar surface area (TPSA) is 51.8 Å². The van der Waals surface area contributed by atoms with Gasteiger partial charge in [-0.15, -0.1) is 16.4 Å². The van der Waals surface area contributed by atoms with E-state index in [-0.39, 0.29) is 0 Å². The zero-order valence-corrected chi connectivity index (χ0v) is 31.1. The summed E-state index contributed by atoms with van der Waals surface area (Å²) in [4.78, 5) is 14.7. The number of rotatable bonds is 6. The van der Waals surface area contributed by atoms with Crippen LogP contribution in [-0.2, 0) is 0 Å². The summed E-state index contributed by atoms with van der Waals surface area (Å²) in [6, 6.07) is 50.6. The number of furan rings is 1. The number of hydrogen-bond acceptors (Lipinski definition) is 4. The largest absolute Gasteiger partial charge is 0.456 e. The fourth-order valence-electron chi connectivity index (χ4n) is 7.65. The molecule has 9 rings (SSSR count). The summed E-state index contributed by atoms with van der Waals surface area (Å²) in [5, 5.41) is 2.08. The van der Waals surface area contributed by atoms with E-state index >= 15 is 0 Å². The maximum Gasteiger partial charge on any atom is 0.164 e. The lowest BCUT2D eigenvalue weighted by molar-refractivity contribution is 0.669. The monoisotopic (exact) mass is 687 g/mol. The first-order valence-electron chi connectivity index (χ1n) is 18.4. The van der Waals surface area contributed by atoms with Crippen LogP contribution in [0.1, 0.15) is 0 Å². The molecule has 0 N–H and O–H groups in total. The molecule has 0 spiro atoms. The molecule has 2 aromatic heterocycles. The second-order valence-corrected chi connectivity index (χ2v) is 14.2. The molecule has 0 radical (unpaired) electrons. The molecule has 54 heavy (non-hydrogen) atoms. The average molecular weight is 687 g/mol. The highest BCUT2D eigenvalue weighted by atomic mass is 16.3. The van der Waals surface area contributed by atoms with Crippen molar-refractivity contribution in [1.82, 2.24) is 15.0 Å². The smallest absolute Gasteiger partial charge is 0.164 e. The van der Waals surface area contributed by atoms with Gasteiger partial charge in [-0.3, -0.25) is 0 Å². The summed E-state index contributed by atoms with van der Waals surface area (Å²) in [5.41, 5.74) is 18.6. The molecule has 0 aliphatic carbocycles. The molecular formula is C45H34B5N3O. The van der Waals surface area contributed by atoms with Crippen molar-refractivity contribution < 1.29 is 4.42 Å². The summed E-state index contributed by atoms with van der Waals surface area (Å²) >= 11 is 0. The van der Waals surface area contributed by atoms with Crippen molar-refractivity contribution >= 4 is 88.5 Å². The van der Waals surface area contributed by atoms with E-state index in [4.69, 9.17) is 19.4 Å². The van der Waals surface area contributed by atoms with Gasteiger partial charge < -0.3 is 4.42 Å². The SMILES string of the molecule is Bc1c(B)c(B)c(-c2ccc(-c3ccc(-c4ccc5c(c4)oc4ccc(-c6nc(-c7ccccc7)nc(-c7ccccc7)n6)cc45)cc3)cc2)c(B)c1B. The third-order valence-electron chi connectivity index (χ3n) is 11.2. The van der Waals surface area contributed by atoms with Crippen molar-refractivity contribution in [2.75, 3.05) is 0 Å². The standard InChI is InChI=1S/C45H34B5N3O/c46-38-37(39(47)41(49)42(50)40(38)48)28-17-15-26(16-18-28)25-11-13-27(14-12-25)31-19-21-33-34-23-32(20-22-35(34)54-36(33)24-31)45-52-43(29-7-3-1-4-8-29)51-44(53-45)30-9-5-2-6-10-30/h1-24H,46-50H2. The second kappa shape index (κ2) is 13.6. The fourth-order valence-corrected chi connectivity index (χ4v) is 7.65. The second-order valence-electron chi connectivity index (χ2n) is 14.2. The van der Waals surface area contributed by atoms with Crippen LogP contribution in [0.15, 0.2) is 150 Å². The third kappa shape index (κ3) is 5.96. The van der Waals surface area contributed by atoms with Gasteiger partial charge in [0.05, 0.1) is 0 Å². The van der Waals surface area contributed by atoms with E-state index in [9.17, 15) is 0 Å². The Morgan fingerprint density at radius 1 is 0.315 bits per heavy atom. The van der Waals surface area contributed by atoms with Gasteiger partial charge in [0.1, 0.15) is 50.4 Å². The quantitative estimate of drug-likeness (QED) is 0.253. The van der Waals surface area contributed by atoms with E-state index in [0.717, 1.165) is 49.8 Å². The molecule has 0 amide bonds. The number of nitrogens with zero attached hydrogens (tertiary/aromatic N) is 3. The number of aromatic nitrogens is 3. The summed E-state index contributed by atoms with van der Waals surface area (Å²) in [6.45, 7) is 0. The van der Waals surface area contributed by atoms with Crippen molar-refractivity contribution in [2.45, 2.75) is 0 Å². The zero-order valence-electron chi connectivity index (χ0n) is 31.1. The van der Waals surface area contributed by atoms with Gasteiger partial charge in [-0.2, -0.15) is 0 Å². The van der Waals surface area contributed by atoms with Crippen molar-refractivity contribution in [2.24, 2.45) is 0 Å². The van der Waals surface area contributed by atoms with E-state index in [1.807, 2.05) is 72.8 Å². The van der Waals surface area contributed by atoms with Crippen molar-refractivity contribution in [3.05, 3.63) is 146 Å². The molecule has 0 atom stereocenters. The molecule has 2 heterocycles. The minimum Gasteiger partial charge on any atom is -0.456 e. The number of fused-ring (bicyclic) bond motifs is 3. The Bertz CT molecular complexity index is 2770. The van der Waals surface area contributed by atoms with Gasteiger partial charge in [0, 0.05) is 27.5 Å². The van der Waals surface area contributed by atoms with Gasteiger partial charge in [0.15, 0.2) is 17.5 Å². The predicted octanol–water partition coefficient (Wildman–Crippen LogP) is 3.07. The van der Waals surface area contributed by atoms with Gasteiger partial charge >= 0.3 is 0 Å². The molecule has 0 unspecified atom stereocenters. The Labute approximate surface area is 319 Å². The molecule has 0 aliphatic heterocycles. The molecule has 0 bridgehead atoms. The Hall–Kier alpha value is -6.33.